The van der Waals surface area contributed by atoms with Gasteiger partial charge in [-0.15, -0.1) is 0 Å². The van der Waals surface area contributed by atoms with Crippen molar-refractivity contribution < 1.29 is 89.4 Å². The molecule has 0 radical (unpaired) electrons. The van der Waals surface area contributed by atoms with Crippen molar-refractivity contribution in [2.45, 2.75) is 349 Å². The van der Waals surface area contributed by atoms with E-state index in [4.69, 9.17) is 28.4 Å². The van der Waals surface area contributed by atoms with Gasteiger partial charge in [0.05, 0.1) is 38.6 Å². The van der Waals surface area contributed by atoms with Gasteiger partial charge in [0.2, 0.25) is 5.91 Å². The maximum absolute atomic E-state index is 13.3. The minimum absolute atomic E-state index is 0.240. The molecule has 17 atom stereocenters. The molecule has 3 saturated heterocycles. The van der Waals surface area contributed by atoms with Gasteiger partial charge in [0.1, 0.15) is 73.2 Å². The van der Waals surface area contributed by atoms with Crippen molar-refractivity contribution in [3.8, 4) is 0 Å². The van der Waals surface area contributed by atoms with Gasteiger partial charge >= 0.3 is 0 Å². The van der Waals surface area contributed by atoms with Crippen molar-refractivity contribution >= 4 is 5.91 Å². The van der Waals surface area contributed by atoms with Gasteiger partial charge in [-0.05, 0) is 12.8 Å². The molecule has 3 fully saturated rings. The molecule has 0 aromatic heterocycles. The topological polar surface area (TPSA) is 307 Å². The number of aliphatic hydroxyl groups is 11. The Labute approximate surface area is 474 Å². The van der Waals surface area contributed by atoms with E-state index < -0.39 is 124 Å². The maximum atomic E-state index is 13.3. The number of hydrogen-bond acceptors (Lipinski definition) is 18. The van der Waals surface area contributed by atoms with Crippen LogP contribution < -0.4 is 5.32 Å². The van der Waals surface area contributed by atoms with Crippen molar-refractivity contribution in [3.05, 3.63) is 0 Å². The summed E-state index contributed by atoms with van der Waals surface area (Å²) in [7, 11) is 0. The third-order valence-electron chi connectivity index (χ3n) is 16.4. The zero-order valence-electron chi connectivity index (χ0n) is 48.9. The normalized spacial score (nSPS) is 30.2. The van der Waals surface area contributed by atoms with Crippen LogP contribution in [0.2, 0.25) is 0 Å². The van der Waals surface area contributed by atoms with Crippen LogP contribution in [-0.2, 0) is 33.2 Å². The van der Waals surface area contributed by atoms with E-state index in [0.29, 0.717) is 12.8 Å². The number of hydrogen-bond donors (Lipinski definition) is 12. The minimum atomic E-state index is -1.97. The third kappa shape index (κ3) is 28.0. The van der Waals surface area contributed by atoms with E-state index in [9.17, 15) is 61.0 Å². The van der Waals surface area contributed by atoms with Gasteiger partial charge in [-0.3, -0.25) is 4.79 Å². The van der Waals surface area contributed by atoms with Crippen LogP contribution in [0.5, 0.6) is 0 Å². The number of aliphatic hydroxyl groups excluding tert-OH is 11. The molecule has 0 aromatic carbocycles. The van der Waals surface area contributed by atoms with Crippen LogP contribution in [0.3, 0.4) is 0 Å². The summed E-state index contributed by atoms with van der Waals surface area (Å²) in [6, 6.07) is -0.879. The predicted octanol–water partition coefficient (Wildman–Crippen LogP) is 6.38. The molecule has 3 aliphatic heterocycles. The number of rotatable bonds is 48. The Balaban J connectivity index is 1.39. The first-order chi connectivity index (χ1) is 38.3. The molecular formula is C60H115NO18. The highest BCUT2D eigenvalue weighted by molar-refractivity contribution is 5.76. The van der Waals surface area contributed by atoms with Crippen molar-refractivity contribution in [1.29, 1.82) is 0 Å². The molecule has 0 spiro atoms. The number of ether oxygens (including phenoxy) is 6. The van der Waals surface area contributed by atoms with Gasteiger partial charge < -0.3 is 89.9 Å². The first kappa shape index (κ1) is 72.1. The molecule has 0 aromatic rings. The van der Waals surface area contributed by atoms with Crippen LogP contribution in [0, 0.1) is 0 Å². The Morgan fingerprint density at radius 1 is 0.405 bits per heavy atom. The van der Waals surface area contributed by atoms with Gasteiger partial charge in [0.25, 0.3) is 0 Å². The smallest absolute Gasteiger partial charge is 0.220 e. The van der Waals surface area contributed by atoms with Crippen LogP contribution in [0.4, 0.5) is 0 Å². The summed E-state index contributed by atoms with van der Waals surface area (Å²) in [5.41, 5.74) is 0. The van der Waals surface area contributed by atoms with E-state index in [0.717, 1.165) is 44.9 Å². The highest BCUT2D eigenvalue weighted by Gasteiger charge is 2.53. The lowest BCUT2D eigenvalue weighted by Gasteiger charge is -2.48. The molecule has 0 aliphatic carbocycles. The monoisotopic (exact) mass is 1140 g/mol. The van der Waals surface area contributed by atoms with Crippen LogP contribution >= 0.6 is 0 Å². The fraction of sp³-hybridized carbons (Fsp3) is 0.983. The number of nitrogens with one attached hydrogen (secondary N) is 1. The van der Waals surface area contributed by atoms with E-state index in [1.54, 1.807) is 0 Å². The fourth-order valence-electron chi connectivity index (χ4n) is 11.2. The predicted molar refractivity (Wildman–Crippen MR) is 300 cm³/mol. The quantitative estimate of drug-likeness (QED) is 0.0294. The second-order valence-electron chi connectivity index (χ2n) is 23.2. The summed E-state index contributed by atoms with van der Waals surface area (Å²) in [6.45, 7) is 1.78. The molecule has 3 rings (SSSR count). The third-order valence-corrected chi connectivity index (χ3v) is 16.4. The summed E-state index contributed by atoms with van der Waals surface area (Å²) < 4.78 is 34.3. The van der Waals surface area contributed by atoms with Crippen LogP contribution in [0.25, 0.3) is 0 Å². The van der Waals surface area contributed by atoms with E-state index in [1.165, 1.54) is 167 Å². The van der Waals surface area contributed by atoms with Crippen LogP contribution in [-0.4, -0.2) is 193 Å². The van der Waals surface area contributed by atoms with E-state index >= 15 is 0 Å². The molecule has 79 heavy (non-hydrogen) atoms. The molecular weight excluding hydrogens is 1020 g/mol. The summed E-state index contributed by atoms with van der Waals surface area (Å²) in [4.78, 5) is 13.3. The Hall–Kier alpha value is -1.21. The molecule has 19 heteroatoms. The molecule has 1 amide bonds. The molecule has 0 saturated carbocycles. The number of unbranched alkanes of at least 4 members (excludes halogenated alkanes) is 32. The Kier molecular flexibility index (Phi) is 40.4. The molecule has 468 valence electrons. The molecule has 3 aliphatic rings. The zero-order chi connectivity index (χ0) is 57.6. The van der Waals surface area contributed by atoms with Crippen molar-refractivity contribution in [3.63, 3.8) is 0 Å². The average Bonchev–Trinajstić information content (AvgIpc) is 3.47. The van der Waals surface area contributed by atoms with Crippen LogP contribution in [0.15, 0.2) is 0 Å². The molecule has 0 bridgehead atoms. The fourth-order valence-corrected chi connectivity index (χ4v) is 11.2. The molecule has 19 nitrogen and oxygen atoms in total. The summed E-state index contributed by atoms with van der Waals surface area (Å²) in [5, 5.41) is 120. The largest absolute Gasteiger partial charge is 0.394 e. The Bertz CT molecular complexity index is 1450. The van der Waals surface area contributed by atoms with E-state index in [-0.39, 0.29) is 18.9 Å². The molecule has 3 heterocycles. The SMILES string of the molecule is CCCCCCCCCCCCCCCCCCCCCCCCCCCC(=O)NC(COC1OC(CO)C(OC2OC(CO)C(OC3OC(CO)C(O)C(O)C3O)C(O)C2O)C(O)C1O)C(O)CCCCCCCCCCC. The minimum Gasteiger partial charge on any atom is -0.394 e. The van der Waals surface area contributed by atoms with Gasteiger partial charge in [-0.1, -0.05) is 226 Å². The van der Waals surface area contributed by atoms with Gasteiger partial charge in [-0.25, -0.2) is 0 Å². The highest BCUT2D eigenvalue weighted by atomic mass is 16.8. The number of amides is 1. The average molecular weight is 1140 g/mol. The van der Waals surface area contributed by atoms with E-state index in [2.05, 4.69) is 19.2 Å². The number of carbonyl (C=O) groups excluding carboxylic acids is 1. The highest BCUT2D eigenvalue weighted by Crippen LogP contribution is 2.33. The molecule has 17 unspecified atom stereocenters. The lowest BCUT2D eigenvalue weighted by molar-refractivity contribution is -0.379. The van der Waals surface area contributed by atoms with Crippen molar-refractivity contribution in [1.82, 2.24) is 5.32 Å². The first-order valence-corrected chi connectivity index (χ1v) is 31.8. The van der Waals surface area contributed by atoms with Crippen molar-refractivity contribution in [2.24, 2.45) is 0 Å². The number of carbonyl (C=O) groups is 1. The standard InChI is InChI=1S/C60H115NO18/c1-3-5-7-9-11-13-14-15-16-17-18-19-20-21-22-23-24-25-26-27-28-30-32-34-36-38-48(66)61-43(44(65)37-35-33-31-29-12-10-8-6-4-2)42-74-58-54(72)51(69)56(46(40-63)76-58)79-60-55(73)52(70)57(47(41-64)77-60)78-59-53(71)50(68)49(67)45(39-62)75-59/h43-47,49-60,62-65,67-73H,3-42H2,1-2H3,(H,61,66). The van der Waals surface area contributed by atoms with Gasteiger partial charge in [0.15, 0.2) is 18.9 Å². The first-order valence-electron chi connectivity index (χ1n) is 31.8. The molecule has 12 N–H and O–H groups in total. The van der Waals surface area contributed by atoms with E-state index in [1.807, 2.05) is 0 Å². The van der Waals surface area contributed by atoms with Gasteiger partial charge in [0, 0.05) is 6.42 Å². The maximum Gasteiger partial charge on any atom is 0.220 e. The lowest BCUT2D eigenvalue weighted by Crippen LogP contribution is -2.66. The Morgan fingerprint density at radius 3 is 1.10 bits per heavy atom. The lowest BCUT2D eigenvalue weighted by atomic mass is 9.96. The summed E-state index contributed by atoms with van der Waals surface area (Å²) >= 11 is 0. The second kappa shape index (κ2) is 44.3. The van der Waals surface area contributed by atoms with Crippen LogP contribution in [0.1, 0.15) is 245 Å². The second-order valence-corrected chi connectivity index (χ2v) is 23.2. The van der Waals surface area contributed by atoms with Gasteiger partial charge in [-0.2, -0.15) is 0 Å². The van der Waals surface area contributed by atoms with Crippen molar-refractivity contribution in [2.75, 3.05) is 26.4 Å². The Morgan fingerprint density at radius 2 is 0.722 bits per heavy atom. The summed E-state index contributed by atoms with van der Waals surface area (Å²) in [6.07, 6.45) is 16.5. The summed E-state index contributed by atoms with van der Waals surface area (Å²) in [5.74, 6) is -0.240. The zero-order valence-corrected chi connectivity index (χ0v) is 48.9.